The van der Waals surface area contributed by atoms with Crippen molar-refractivity contribution in [3.8, 4) is 11.3 Å². The van der Waals surface area contributed by atoms with E-state index in [1.165, 1.54) is 0 Å². The van der Waals surface area contributed by atoms with E-state index >= 15 is 0 Å². The topological polar surface area (TPSA) is 143 Å². The minimum Gasteiger partial charge on any atom is -1.00 e. The highest BCUT2D eigenvalue weighted by molar-refractivity contribution is 6.10. The van der Waals surface area contributed by atoms with Crippen molar-refractivity contribution in [2.75, 3.05) is 11.2 Å². The Hall–Kier alpha value is -4.73. The van der Waals surface area contributed by atoms with Crippen molar-refractivity contribution in [3.05, 3.63) is 96.6 Å². The van der Waals surface area contributed by atoms with Gasteiger partial charge in [-0.3, -0.25) is 5.43 Å². The van der Waals surface area contributed by atoms with E-state index in [1.807, 2.05) is 48.5 Å². The van der Waals surface area contributed by atoms with E-state index < -0.39 is 0 Å². The molecule has 0 aliphatic rings. The molecule has 7 N–H and O–H groups in total. The van der Waals surface area contributed by atoms with Gasteiger partial charge in [-0.25, -0.2) is 0 Å². The number of pyridine rings is 1. The fourth-order valence-electron chi connectivity index (χ4n) is 4.48. The van der Waals surface area contributed by atoms with Crippen LogP contribution in [0.25, 0.3) is 32.9 Å². The van der Waals surface area contributed by atoms with Crippen LogP contribution >= 0.6 is 12.4 Å². The summed E-state index contributed by atoms with van der Waals surface area (Å²) in [6.07, 6.45) is 1.55. The molecule has 0 unspecified atom stereocenters. The van der Waals surface area contributed by atoms with Gasteiger partial charge in [0, 0.05) is 22.7 Å². The molecule has 5 aromatic rings. The number of fused-ring (bicyclic) bond motifs is 3. The van der Waals surface area contributed by atoms with Gasteiger partial charge >= 0.3 is 0 Å². The first-order valence-corrected chi connectivity index (χ1v) is 12.2. The van der Waals surface area contributed by atoms with E-state index in [9.17, 15) is 0 Å². The first-order chi connectivity index (χ1) is 18.5. The molecule has 9 nitrogen and oxygen atoms in total. The van der Waals surface area contributed by atoms with E-state index in [-0.39, 0.29) is 30.8 Å². The zero-order chi connectivity index (χ0) is 26.5. The lowest BCUT2D eigenvalue weighted by Crippen LogP contribution is -3.00. The summed E-state index contributed by atoms with van der Waals surface area (Å²) in [6.45, 7) is 2.94. The van der Waals surface area contributed by atoms with Gasteiger partial charge in [-0.05, 0) is 61.0 Å². The number of benzene rings is 4. The van der Waals surface area contributed by atoms with Gasteiger partial charge in [0.25, 0.3) is 0 Å². The quantitative estimate of drug-likeness (QED) is 0.0451. The van der Waals surface area contributed by atoms with Crippen molar-refractivity contribution >= 4 is 63.3 Å². The molecule has 0 aliphatic heterocycles. The maximum absolute atomic E-state index is 6.18. The summed E-state index contributed by atoms with van der Waals surface area (Å²) in [5.74, 6) is -0.0929. The van der Waals surface area contributed by atoms with Gasteiger partial charge in [0.1, 0.15) is 6.54 Å². The number of aryl methyl sites for hydroxylation is 1. The van der Waals surface area contributed by atoms with Crippen LogP contribution in [-0.2, 0) is 6.54 Å². The monoisotopic (exact) mass is 573 g/mol. The van der Waals surface area contributed by atoms with Crippen molar-refractivity contribution in [1.82, 2.24) is 0 Å². The molecule has 0 amide bonds. The number of hydrogen-bond donors (Lipinski definition) is 4. The standard InChI is InChI=1S/C29H27N9.2ClH/c1-2-38-27-16-21(30)10-14-25(27)24-15-13-23(17-26(24)28(38)20-6-4-3-5-7-20)35-37-34-22-11-8-19(9-12-22)18-33-36-29(31)32;;/h3-18,30H,2H2,1H3,(H5,31,32,33,34,35,36,37);2*1H. The SMILES string of the molecule is CC[n+]1c(-c2ccccc2)c2cc(NN=Nc3ccc(/C=N\N=C(N)N)cc3)ccc2c2ccc(N)cc21.Cl.[Cl-]. The smallest absolute Gasteiger partial charge is 0.220 e. The second-order valence-corrected chi connectivity index (χ2v) is 8.67. The summed E-state index contributed by atoms with van der Waals surface area (Å²) in [5.41, 5.74) is 26.3. The number of nitrogens with zero attached hydrogens (tertiary/aromatic N) is 5. The van der Waals surface area contributed by atoms with Crippen LogP contribution in [-0.4, -0.2) is 12.2 Å². The number of rotatable bonds is 7. The molecule has 0 saturated carbocycles. The fourth-order valence-corrected chi connectivity index (χ4v) is 4.48. The molecular formula is C29H29Cl2N9. The predicted molar refractivity (Wildman–Crippen MR) is 162 cm³/mol. The molecule has 4 aromatic carbocycles. The number of nitrogens with two attached hydrogens (primary N) is 3. The van der Waals surface area contributed by atoms with Gasteiger partial charge in [-0.2, -0.15) is 9.67 Å². The van der Waals surface area contributed by atoms with E-state index in [4.69, 9.17) is 17.2 Å². The molecule has 0 radical (unpaired) electrons. The van der Waals surface area contributed by atoms with Gasteiger partial charge < -0.3 is 29.6 Å². The molecule has 0 saturated heterocycles. The van der Waals surface area contributed by atoms with E-state index in [2.05, 4.69) is 79.9 Å². The first-order valence-electron chi connectivity index (χ1n) is 12.2. The molecular weight excluding hydrogens is 545 g/mol. The largest absolute Gasteiger partial charge is 1.00 e. The second kappa shape index (κ2) is 13.4. The molecule has 5 rings (SSSR count). The molecule has 11 heteroatoms. The lowest BCUT2D eigenvalue weighted by atomic mass is 9.98. The third kappa shape index (κ3) is 6.45. The predicted octanol–water partition coefficient (Wildman–Crippen LogP) is 2.69. The number of halogens is 2. The van der Waals surface area contributed by atoms with Crippen LogP contribution in [0.5, 0.6) is 0 Å². The Labute approximate surface area is 244 Å². The van der Waals surface area contributed by atoms with Crippen molar-refractivity contribution in [2.45, 2.75) is 13.5 Å². The Morgan fingerprint density at radius 1 is 0.875 bits per heavy atom. The van der Waals surface area contributed by atoms with Gasteiger partial charge in [0.05, 0.1) is 28.4 Å². The average Bonchev–Trinajstić information content (AvgIpc) is 2.93. The molecule has 204 valence electrons. The fraction of sp³-hybridized carbons (Fsp3) is 0.0690. The Balaban J connectivity index is 0.00000220. The van der Waals surface area contributed by atoms with Gasteiger partial charge in [0.2, 0.25) is 17.2 Å². The lowest BCUT2D eigenvalue weighted by molar-refractivity contribution is -0.655. The Morgan fingerprint density at radius 3 is 2.30 bits per heavy atom. The summed E-state index contributed by atoms with van der Waals surface area (Å²) in [4.78, 5) is 0. The third-order valence-corrected chi connectivity index (χ3v) is 6.13. The molecule has 0 atom stereocenters. The molecule has 1 heterocycles. The van der Waals surface area contributed by atoms with Crippen LogP contribution in [0.3, 0.4) is 0 Å². The first kappa shape index (κ1) is 29.8. The van der Waals surface area contributed by atoms with Gasteiger partial charge in [-0.15, -0.1) is 22.6 Å². The maximum atomic E-state index is 6.18. The second-order valence-electron chi connectivity index (χ2n) is 8.67. The molecule has 0 bridgehead atoms. The normalized spacial score (nSPS) is 10.9. The Kier molecular flexibility index (Phi) is 9.97. The van der Waals surface area contributed by atoms with E-state index in [0.717, 1.165) is 56.4 Å². The van der Waals surface area contributed by atoms with E-state index in [0.29, 0.717) is 5.69 Å². The molecule has 0 fully saturated rings. The summed E-state index contributed by atoms with van der Waals surface area (Å²) in [5, 5.41) is 19.3. The van der Waals surface area contributed by atoms with Crippen LogP contribution in [0.1, 0.15) is 12.5 Å². The van der Waals surface area contributed by atoms with Crippen molar-refractivity contribution in [1.29, 1.82) is 0 Å². The number of aromatic nitrogens is 1. The van der Waals surface area contributed by atoms with Gasteiger partial charge in [-0.1, -0.05) is 41.6 Å². The van der Waals surface area contributed by atoms with Crippen LogP contribution in [0, 0.1) is 0 Å². The number of nitrogen functional groups attached to an aromatic ring is 1. The molecule has 0 aliphatic carbocycles. The van der Waals surface area contributed by atoms with Crippen LogP contribution in [0.15, 0.2) is 112 Å². The number of hydrogen-bond acceptors (Lipinski definition) is 5. The number of nitrogens with one attached hydrogen (secondary N) is 1. The summed E-state index contributed by atoms with van der Waals surface area (Å²) >= 11 is 0. The lowest BCUT2D eigenvalue weighted by Gasteiger charge is -2.12. The van der Waals surface area contributed by atoms with Crippen molar-refractivity contribution < 1.29 is 17.0 Å². The highest BCUT2D eigenvalue weighted by atomic mass is 35.5. The zero-order valence-corrected chi connectivity index (χ0v) is 23.3. The summed E-state index contributed by atoms with van der Waals surface area (Å²) in [7, 11) is 0. The Morgan fingerprint density at radius 2 is 1.60 bits per heavy atom. The summed E-state index contributed by atoms with van der Waals surface area (Å²) in [6, 6.07) is 30.1. The van der Waals surface area contributed by atoms with E-state index in [1.54, 1.807) is 6.21 Å². The molecule has 1 aromatic heterocycles. The highest BCUT2D eigenvalue weighted by Crippen LogP contribution is 2.34. The Bertz CT molecular complexity index is 1700. The highest BCUT2D eigenvalue weighted by Gasteiger charge is 2.22. The third-order valence-electron chi connectivity index (χ3n) is 6.13. The summed E-state index contributed by atoms with van der Waals surface area (Å²) < 4.78 is 2.31. The van der Waals surface area contributed by atoms with Crippen LogP contribution < -0.4 is 39.6 Å². The van der Waals surface area contributed by atoms with Gasteiger partial charge in [0.15, 0.2) is 0 Å². The van der Waals surface area contributed by atoms with Crippen molar-refractivity contribution in [3.63, 3.8) is 0 Å². The average molecular weight is 575 g/mol. The van der Waals surface area contributed by atoms with Crippen LogP contribution in [0.2, 0.25) is 0 Å². The number of guanidine groups is 1. The van der Waals surface area contributed by atoms with Crippen molar-refractivity contribution in [2.24, 2.45) is 32.0 Å². The number of anilines is 2. The maximum Gasteiger partial charge on any atom is 0.220 e. The minimum atomic E-state index is -0.0929. The zero-order valence-electron chi connectivity index (χ0n) is 21.7. The minimum absolute atomic E-state index is 0. The molecule has 0 spiro atoms. The molecule has 40 heavy (non-hydrogen) atoms. The van der Waals surface area contributed by atoms with Crippen LogP contribution in [0.4, 0.5) is 17.1 Å².